The Morgan fingerprint density at radius 1 is 1.55 bits per heavy atom. The molecule has 110 valence electrons. The second-order valence-electron chi connectivity index (χ2n) is 5.11. The van der Waals surface area contributed by atoms with Gasteiger partial charge in [0.05, 0.1) is 18.8 Å². The minimum Gasteiger partial charge on any atom is -0.394 e. The van der Waals surface area contributed by atoms with Crippen molar-refractivity contribution in [3.8, 4) is 0 Å². The molecule has 20 heavy (non-hydrogen) atoms. The van der Waals surface area contributed by atoms with E-state index in [-0.39, 0.29) is 29.6 Å². The zero-order valence-electron chi connectivity index (χ0n) is 11.4. The van der Waals surface area contributed by atoms with Crippen molar-refractivity contribution in [3.63, 3.8) is 0 Å². The standard InChI is InChI=1S/C14H19FN2O2S/c1-9-5-17(7-12(8-18)19-9)6-10-2-3-11(15)4-13(10)14(16)20/h2-4,9,12,18H,5-8H2,1H3,(H2,16,20). The maximum atomic E-state index is 13.3. The topological polar surface area (TPSA) is 58.7 Å². The van der Waals surface area contributed by atoms with E-state index < -0.39 is 0 Å². The molecule has 2 unspecified atom stereocenters. The molecular weight excluding hydrogens is 279 g/mol. The van der Waals surface area contributed by atoms with E-state index in [0.717, 1.165) is 12.1 Å². The van der Waals surface area contributed by atoms with E-state index in [1.807, 2.05) is 6.92 Å². The zero-order chi connectivity index (χ0) is 14.7. The molecule has 0 aromatic heterocycles. The Kier molecular flexibility index (Phi) is 5.04. The highest BCUT2D eigenvalue weighted by Crippen LogP contribution is 2.18. The van der Waals surface area contributed by atoms with Crippen molar-refractivity contribution in [1.29, 1.82) is 0 Å². The minimum atomic E-state index is -0.347. The van der Waals surface area contributed by atoms with E-state index in [4.69, 9.17) is 22.7 Å². The Morgan fingerprint density at radius 2 is 2.30 bits per heavy atom. The molecule has 1 aromatic rings. The molecule has 0 aliphatic carbocycles. The van der Waals surface area contributed by atoms with Gasteiger partial charge in [-0.05, 0) is 24.6 Å². The third kappa shape index (κ3) is 3.73. The lowest BCUT2D eigenvalue weighted by atomic mass is 10.1. The first-order valence-electron chi connectivity index (χ1n) is 6.56. The van der Waals surface area contributed by atoms with Gasteiger partial charge < -0.3 is 15.6 Å². The zero-order valence-corrected chi connectivity index (χ0v) is 12.2. The largest absolute Gasteiger partial charge is 0.394 e. The van der Waals surface area contributed by atoms with Crippen LogP contribution in [0.3, 0.4) is 0 Å². The number of thiocarbonyl (C=S) groups is 1. The van der Waals surface area contributed by atoms with Crippen LogP contribution in [0.4, 0.5) is 4.39 Å². The number of aliphatic hydroxyl groups excluding tert-OH is 1. The van der Waals surface area contributed by atoms with Crippen LogP contribution in [0.25, 0.3) is 0 Å². The third-order valence-electron chi connectivity index (χ3n) is 3.34. The van der Waals surface area contributed by atoms with E-state index in [1.54, 1.807) is 6.07 Å². The molecule has 4 nitrogen and oxygen atoms in total. The number of rotatable bonds is 4. The molecule has 2 rings (SSSR count). The highest BCUT2D eigenvalue weighted by atomic mass is 32.1. The quantitative estimate of drug-likeness (QED) is 0.814. The van der Waals surface area contributed by atoms with Crippen LogP contribution in [0.5, 0.6) is 0 Å². The SMILES string of the molecule is CC1CN(Cc2ccc(F)cc2C(N)=S)CC(CO)O1. The molecule has 1 aromatic carbocycles. The number of aliphatic hydroxyl groups is 1. The molecule has 0 saturated carbocycles. The van der Waals surface area contributed by atoms with Crippen molar-refractivity contribution < 1.29 is 14.2 Å². The van der Waals surface area contributed by atoms with Crippen molar-refractivity contribution in [2.75, 3.05) is 19.7 Å². The number of nitrogens with zero attached hydrogens (tertiary/aromatic N) is 1. The fourth-order valence-corrected chi connectivity index (χ4v) is 2.72. The van der Waals surface area contributed by atoms with Crippen molar-refractivity contribution in [2.24, 2.45) is 5.73 Å². The van der Waals surface area contributed by atoms with Crippen molar-refractivity contribution in [3.05, 3.63) is 35.1 Å². The van der Waals surface area contributed by atoms with Crippen LogP contribution < -0.4 is 5.73 Å². The number of hydrogen-bond acceptors (Lipinski definition) is 4. The van der Waals surface area contributed by atoms with E-state index >= 15 is 0 Å². The fraction of sp³-hybridized carbons (Fsp3) is 0.500. The third-order valence-corrected chi connectivity index (χ3v) is 3.56. The summed E-state index contributed by atoms with van der Waals surface area (Å²) in [4.78, 5) is 2.35. The predicted octanol–water partition coefficient (Wildman–Crippen LogP) is 1.04. The fourth-order valence-electron chi connectivity index (χ4n) is 2.53. The number of ether oxygens (including phenoxy) is 1. The molecule has 0 radical (unpaired) electrons. The van der Waals surface area contributed by atoms with Gasteiger partial charge in [-0.2, -0.15) is 0 Å². The number of halogens is 1. The Hall–Kier alpha value is -1.08. The van der Waals surface area contributed by atoms with Crippen molar-refractivity contribution in [2.45, 2.75) is 25.7 Å². The highest BCUT2D eigenvalue weighted by molar-refractivity contribution is 7.80. The van der Waals surface area contributed by atoms with Crippen molar-refractivity contribution >= 4 is 17.2 Å². The highest BCUT2D eigenvalue weighted by Gasteiger charge is 2.25. The molecule has 1 saturated heterocycles. The molecule has 1 fully saturated rings. The lowest BCUT2D eigenvalue weighted by Gasteiger charge is -2.36. The van der Waals surface area contributed by atoms with Gasteiger partial charge in [0.1, 0.15) is 10.8 Å². The second kappa shape index (κ2) is 6.58. The van der Waals surface area contributed by atoms with Crippen molar-refractivity contribution in [1.82, 2.24) is 4.90 Å². The van der Waals surface area contributed by atoms with Gasteiger partial charge >= 0.3 is 0 Å². The first kappa shape index (κ1) is 15.3. The van der Waals surface area contributed by atoms with Gasteiger partial charge in [0.2, 0.25) is 0 Å². The van der Waals surface area contributed by atoms with Gasteiger partial charge in [0, 0.05) is 25.2 Å². The molecule has 1 heterocycles. The van der Waals surface area contributed by atoms with Gasteiger partial charge in [0.25, 0.3) is 0 Å². The number of nitrogens with two attached hydrogens (primary N) is 1. The molecule has 2 atom stereocenters. The molecule has 1 aliphatic heterocycles. The van der Waals surface area contributed by atoms with Gasteiger partial charge in [-0.1, -0.05) is 18.3 Å². The van der Waals surface area contributed by atoms with Crippen LogP contribution in [0, 0.1) is 5.82 Å². The molecular formula is C14H19FN2O2S. The molecule has 3 N–H and O–H groups in total. The Balaban J connectivity index is 2.15. The van der Waals surface area contributed by atoms with E-state index in [9.17, 15) is 9.50 Å². The summed E-state index contributed by atoms with van der Waals surface area (Å²) in [5.41, 5.74) is 7.11. The van der Waals surface area contributed by atoms with Gasteiger partial charge in [0.15, 0.2) is 0 Å². The summed E-state index contributed by atoms with van der Waals surface area (Å²) in [5.74, 6) is -0.347. The van der Waals surface area contributed by atoms with Crippen LogP contribution >= 0.6 is 12.2 Å². The lowest BCUT2D eigenvalue weighted by Crippen LogP contribution is -2.47. The number of morpholine rings is 1. The van der Waals surface area contributed by atoms with E-state index in [2.05, 4.69) is 4.90 Å². The number of hydrogen-bond donors (Lipinski definition) is 2. The first-order valence-corrected chi connectivity index (χ1v) is 6.97. The average molecular weight is 298 g/mol. The Labute approximate surface area is 123 Å². The molecule has 0 amide bonds. The Bertz CT molecular complexity index is 498. The van der Waals surface area contributed by atoms with Gasteiger partial charge in [-0.15, -0.1) is 0 Å². The smallest absolute Gasteiger partial charge is 0.123 e. The second-order valence-corrected chi connectivity index (χ2v) is 5.55. The monoisotopic (exact) mass is 298 g/mol. The maximum absolute atomic E-state index is 13.3. The summed E-state index contributed by atoms with van der Waals surface area (Å²) in [7, 11) is 0. The van der Waals surface area contributed by atoms with Crippen LogP contribution in [-0.2, 0) is 11.3 Å². The van der Waals surface area contributed by atoms with E-state index in [0.29, 0.717) is 18.7 Å². The normalized spacial score (nSPS) is 23.8. The molecule has 0 spiro atoms. The van der Waals surface area contributed by atoms with Crippen LogP contribution in [0.1, 0.15) is 18.1 Å². The first-order chi connectivity index (χ1) is 9.49. The summed E-state index contributed by atoms with van der Waals surface area (Å²) in [5, 5.41) is 9.23. The van der Waals surface area contributed by atoms with Gasteiger partial charge in [-0.3, -0.25) is 4.90 Å². The van der Waals surface area contributed by atoms with Crippen LogP contribution in [0.2, 0.25) is 0 Å². The van der Waals surface area contributed by atoms with Crippen LogP contribution in [-0.4, -0.2) is 46.9 Å². The molecule has 1 aliphatic rings. The summed E-state index contributed by atoms with van der Waals surface area (Å²) in [6.45, 7) is 3.96. The Morgan fingerprint density at radius 3 is 2.95 bits per heavy atom. The van der Waals surface area contributed by atoms with E-state index in [1.165, 1.54) is 12.1 Å². The average Bonchev–Trinajstić information content (AvgIpc) is 2.40. The summed E-state index contributed by atoms with van der Waals surface area (Å²) in [6.07, 6.45) is -0.137. The minimum absolute atomic E-state index is 0.00752. The number of benzene rings is 1. The predicted molar refractivity (Wildman–Crippen MR) is 79.0 cm³/mol. The molecule has 6 heteroatoms. The van der Waals surface area contributed by atoms with Crippen LogP contribution in [0.15, 0.2) is 18.2 Å². The summed E-state index contributed by atoms with van der Waals surface area (Å²) < 4.78 is 18.9. The molecule has 0 bridgehead atoms. The summed E-state index contributed by atoms with van der Waals surface area (Å²) in [6, 6.07) is 4.48. The van der Waals surface area contributed by atoms with Gasteiger partial charge in [-0.25, -0.2) is 4.39 Å². The lowest BCUT2D eigenvalue weighted by molar-refractivity contribution is -0.0972. The maximum Gasteiger partial charge on any atom is 0.123 e. The summed E-state index contributed by atoms with van der Waals surface area (Å²) >= 11 is 4.97.